The van der Waals surface area contributed by atoms with Crippen LogP contribution in [0.5, 0.6) is 11.5 Å². The Bertz CT molecular complexity index is 1060. The molecule has 0 bridgehead atoms. The van der Waals surface area contributed by atoms with Crippen LogP contribution in [0.1, 0.15) is 28.4 Å². The average molecular weight is 465 g/mol. The third-order valence-corrected chi connectivity index (χ3v) is 5.90. The quantitative estimate of drug-likeness (QED) is 0.455. The molecule has 5 nitrogen and oxygen atoms in total. The van der Waals surface area contributed by atoms with E-state index in [1.54, 1.807) is 0 Å². The van der Waals surface area contributed by atoms with E-state index >= 15 is 0 Å². The molecule has 0 atom stereocenters. The van der Waals surface area contributed by atoms with Crippen molar-refractivity contribution in [3.8, 4) is 11.5 Å². The first-order valence-corrected chi connectivity index (χ1v) is 11.7. The maximum atomic E-state index is 13.1. The third-order valence-electron chi connectivity index (χ3n) is 5.67. The fourth-order valence-corrected chi connectivity index (χ4v) is 4.16. The Morgan fingerprint density at radius 2 is 1.52 bits per heavy atom. The normalized spacial score (nSPS) is 14.2. The van der Waals surface area contributed by atoms with Gasteiger partial charge in [0.05, 0.1) is 6.61 Å². The van der Waals surface area contributed by atoms with Gasteiger partial charge in [0, 0.05) is 43.3 Å². The molecular weight excluding hydrogens is 436 g/mol. The molecule has 3 aromatic rings. The van der Waals surface area contributed by atoms with Crippen molar-refractivity contribution in [2.24, 2.45) is 0 Å². The van der Waals surface area contributed by atoms with E-state index in [1.165, 1.54) is 5.56 Å². The fourth-order valence-electron chi connectivity index (χ4n) is 3.94. The summed E-state index contributed by atoms with van der Waals surface area (Å²) in [6.45, 7) is 6.97. The van der Waals surface area contributed by atoms with E-state index in [0.717, 1.165) is 41.7 Å². The van der Waals surface area contributed by atoms with Crippen LogP contribution in [0.2, 0.25) is 5.02 Å². The Hall–Kier alpha value is -3.02. The van der Waals surface area contributed by atoms with Gasteiger partial charge in [-0.15, -0.1) is 0 Å². The van der Waals surface area contributed by atoms with Crippen LogP contribution in [0.25, 0.3) is 0 Å². The lowest BCUT2D eigenvalue weighted by Gasteiger charge is -2.35. The van der Waals surface area contributed by atoms with Gasteiger partial charge in [0.2, 0.25) is 0 Å². The van der Waals surface area contributed by atoms with Crippen molar-refractivity contribution in [1.82, 2.24) is 9.80 Å². The second kappa shape index (κ2) is 11.2. The van der Waals surface area contributed by atoms with E-state index in [-0.39, 0.29) is 5.91 Å². The third kappa shape index (κ3) is 6.50. The number of hydrogen-bond acceptors (Lipinski definition) is 4. The van der Waals surface area contributed by atoms with Crippen molar-refractivity contribution in [1.29, 1.82) is 0 Å². The summed E-state index contributed by atoms with van der Waals surface area (Å²) in [5.41, 5.74) is 2.86. The van der Waals surface area contributed by atoms with Crippen molar-refractivity contribution in [3.05, 3.63) is 94.5 Å². The van der Waals surface area contributed by atoms with Gasteiger partial charge in [0.25, 0.3) is 5.91 Å². The van der Waals surface area contributed by atoms with Gasteiger partial charge >= 0.3 is 0 Å². The van der Waals surface area contributed by atoms with Crippen LogP contribution in [-0.2, 0) is 13.2 Å². The van der Waals surface area contributed by atoms with E-state index < -0.39 is 0 Å². The number of nitrogens with zero attached hydrogens (tertiary/aromatic N) is 2. The number of hydrogen-bond donors (Lipinski definition) is 0. The molecule has 0 unspecified atom stereocenters. The topological polar surface area (TPSA) is 42.0 Å². The van der Waals surface area contributed by atoms with Crippen LogP contribution in [0.3, 0.4) is 0 Å². The van der Waals surface area contributed by atoms with Crippen molar-refractivity contribution in [2.75, 3.05) is 32.8 Å². The Balaban J connectivity index is 1.29. The number of benzene rings is 3. The van der Waals surface area contributed by atoms with Crippen molar-refractivity contribution in [3.63, 3.8) is 0 Å². The van der Waals surface area contributed by atoms with Crippen LogP contribution < -0.4 is 9.47 Å². The Morgan fingerprint density at radius 1 is 0.848 bits per heavy atom. The average Bonchev–Trinajstić information content (AvgIpc) is 2.84. The van der Waals surface area contributed by atoms with E-state index in [2.05, 4.69) is 11.0 Å². The van der Waals surface area contributed by atoms with Crippen molar-refractivity contribution < 1.29 is 14.3 Å². The standard InChI is InChI=1S/C27H29ClN2O3/c1-2-32-25-9-11-26(12-10-25)33-20-22-6-3-7-23(17-22)27(31)30-15-13-29(14-16-30)19-21-5-4-8-24(28)18-21/h3-12,17-18H,2,13-16,19-20H2,1H3. The maximum Gasteiger partial charge on any atom is 0.253 e. The Kier molecular flexibility index (Phi) is 7.87. The van der Waals surface area contributed by atoms with E-state index in [0.29, 0.717) is 31.9 Å². The van der Waals surface area contributed by atoms with E-state index in [1.807, 2.05) is 78.6 Å². The molecule has 0 aromatic heterocycles. The van der Waals surface area contributed by atoms with Gasteiger partial charge in [-0.25, -0.2) is 0 Å². The second-order valence-corrected chi connectivity index (χ2v) is 8.53. The predicted octanol–water partition coefficient (Wildman–Crippen LogP) is 5.28. The zero-order valence-electron chi connectivity index (χ0n) is 18.9. The highest BCUT2D eigenvalue weighted by Gasteiger charge is 2.22. The van der Waals surface area contributed by atoms with Gasteiger partial charge in [-0.2, -0.15) is 0 Å². The molecule has 1 amide bonds. The molecule has 1 aliphatic heterocycles. The molecule has 172 valence electrons. The van der Waals surface area contributed by atoms with Crippen LogP contribution >= 0.6 is 11.6 Å². The van der Waals surface area contributed by atoms with E-state index in [4.69, 9.17) is 21.1 Å². The highest BCUT2D eigenvalue weighted by molar-refractivity contribution is 6.30. The summed E-state index contributed by atoms with van der Waals surface area (Å²) in [6, 6.07) is 23.2. The monoisotopic (exact) mass is 464 g/mol. The molecule has 0 spiro atoms. The highest BCUT2D eigenvalue weighted by Crippen LogP contribution is 2.20. The van der Waals surface area contributed by atoms with E-state index in [9.17, 15) is 4.79 Å². The molecule has 1 heterocycles. The van der Waals surface area contributed by atoms with Gasteiger partial charge in [-0.3, -0.25) is 9.69 Å². The second-order valence-electron chi connectivity index (χ2n) is 8.09. The van der Waals surface area contributed by atoms with Crippen LogP contribution in [0.15, 0.2) is 72.8 Å². The molecule has 0 aliphatic carbocycles. The van der Waals surface area contributed by atoms with Gasteiger partial charge < -0.3 is 14.4 Å². The molecule has 6 heteroatoms. The number of rotatable bonds is 8. The van der Waals surface area contributed by atoms with Crippen LogP contribution in [0.4, 0.5) is 0 Å². The van der Waals surface area contributed by atoms with Crippen molar-refractivity contribution >= 4 is 17.5 Å². The lowest BCUT2D eigenvalue weighted by Crippen LogP contribution is -2.48. The number of piperazine rings is 1. The Labute approximate surface area is 200 Å². The number of amides is 1. The first-order chi connectivity index (χ1) is 16.1. The lowest BCUT2D eigenvalue weighted by atomic mass is 10.1. The molecule has 1 aliphatic rings. The lowest BCUT2D eigenvalue weighted by molar-refractivity contribution is 0.0628. The minimum absolute atomic E-state index is 0.0697. The minimum Gasteiger partial charge on any atom is -0.494 e. The first kappa shape index (κ1) is 23.1. The minimum atomic E-state index is 0.0697. The number of ether oxygens (including phenoxy) is 2. The molecule has 0 radical (unpaired) electrons. The zero-order valence-corrected chi connectivity index (χ0v) is 19.6. The maximum absolute atomic E-state index is 13.1. The SMILES string of the molecule is CCOc1ccc(OCc2cccc(C(=O)N3CCN(Cc4cccc(Cl)c4)CC3)c2)cc1. The fraction of sp³-hybridized carbons (Fsp3) is 0.296. The summed E-state index contributed by atoms with van der Waals surface area (Å²) in [5, 5.41) is 0.757. The molecule has 0 N–H and O–H groups in total. The summed E-state index contributed by atoms with van der Waals surface area (Å²) in [6.07, 6.45) is 0. The summed E-state index contributed by atoms with van der Waals surface area (Å²) in [4.78, 5) is 17.4. The number of carbonyl (C=O) groups excluding carboxylic acids is 1. The Morgan fingerprint density at radius 3 is 2.21 bits per heavy atom. The number of halogens is 1. The molecule has 0 saturated carbocycles. The predicted molar refractivity (Wildman–Crippen MR) is 131 cm³/mol. The smallest absolute Gasteiger partial charge is 0.253 e. The summed E-state index contributed by atoms with van der Waals surface area (Å²) in [7, 11) is 0. The van der Waals surface area contributed by atoms with Crippen LogP contribution in [-0.4, -0.2) is 48.5 Å². The van der Waals surface area contributed by atoms with Crippen molar-refractivity contribution in [2.45, 2.75) is 20.1 Å². The van der Waals surface area contributed by atoms with Gasteiger partial charge in [0.1, 0.15) is 18.1 Å². The van der Waals surface area contributed by atoms with Gasteiger partial charge in [0.15, 0.2) is 0 Å². The largest absolute Gasteiger partial charge is 0.494 e. The highest BCUT2D eigenvalue weighted by atomic mass is 35.5. The molecule has 3 aromatic carbocycles. The molecule has 1 saturated heterocycles. The molecule has 33 heavy (non-hydrogen) atoms. The number of carbonyl (C=O) groups is 1. The van der Waals surface area contributed by atoms with Gasteiger partial charge in [-0.1, -0.05) is 35.9 Å². The summed E-state index contributed by atoms with van der Waals surface area (Å²) >= 11 is 6.10. The summed E-state index contributed by atoms with van der Waals surface area (Å²) in [5.74, 6) is 1.66. The molecular formula is C27H29ClN2O3. The molecule has 4 rings (SSSR count). The molecule has 1 fully saturated rings. The first-order valence-electron chi connectivity index (χ1n) is 11.3. The zero-order chi connectivity index (χ0) is 23.0. The summed E-state index contributed by atoms with van der Waals surface area (Å²) < 4.78 is 11.3. The van der Waals surface area contributed by atoms with Gasteiger partial charge in [-0.05, 0) is 66.6 Å². The van der Waals surface area contributed by atoms with Crippen LogP contribution in [0, 0.1) is 0 Å².